The van der Waals surface area contributed by atoms with Gasteiger partial charge in [0.2, 0.25) is 5.16 Å². The summed E-state index contributed by atoms with van der Waals surface area (Å²) >= 11 is 1.58. The van der Waals surface area contributed by atoms with Gasteiger partial charge in [-0.05, 0) is 12.7 Å². The topological polar surface area (TPSA) is 56.7 Å². The van der Waals surface area contributed by atoms with E-state index in [2.05, 4.69) is 24.0 Å². The second-order valence-electron chi connectivity index (χ2n) is 3.48. The first-order valence-corrected chi connectivity index (χ1v) is 6.11. The summed E-state index contributed by atoms with van der Waals surface area (Å²) in [5, 5.41) is 8.90. The highest BCUT2D eigenvalue weighted by Crippen LogP contribution is 2.21. The molecule has 0 atom stereocenters. The van der Waals surface area contributed by atoms with Crippen LogP contribution in [0.3, 0.4) is 0 Å². The third kappa shape index (κ3) is 2.04. The van der Waals surface area contributed by atoms with Crippen molar-refractivity contribution in [2.24, 2.45) is 0 Å². The van der Waals surface area contributed by atoms with E-state index < -0.39 is 0 Å². The van der Waals surface area contributed by atoms with Gasteiger partial charge in [-0.25, -0.2) is 4.68 Å². The fraction of sp³-hybridized carbons (Fsp3) is 0.273. The van der Waals surface area contributed by atoms with Crippen molar-refractivity contribution in [3.8, 4) is 11.4 Å². The van der Waals surface area contributed by atoms with Crippen LogP contribution in [0.15, 0.2) is 29.4 Å². The Morgan fingerprint density at radius 1 is 1.25 bits per heavy atom. The van der Waals surface area contributed by atoms with Crippen LogP contribution in [0, 0.1) is 6.92 Å². The maximum Gasteiger partial charge on any atom is 0.210 e. The molecular formula is C11H14N4S. The fourth-order valence-electron chi connectivity index (χ4n) is 1.40. The maximum atomic E-state index is 5.93. The molecule has 0 saturated heterocycles. The second kappa shape index (κ2) is 4.57. The number of nitrogens with two attached hydrogens (primary N) is 1. The molecule has 0 aliphatic rings. The zero-order valence-electron chi connectivity index (χ0n) is 9.34. The molecule has 2 aromatic rings. The quantitative estimate of drug-likeness (QED) is 0.652. The Hall–Kier alpha value is -1.49. The molecule has 2 rings (SSSR count). The fourth-order valence-corrected chi connectivity index (χ4v) is 1.99. The minimum absolute atomic E-state index is 0.705. The third-order valence-electron chi connectivity index (χ3n) is 2.25. The molecule has 0 amide bonds. The highest BCUT2D eigenvalue weighted by Gasteiger charge is 2.10. The number of hydrogen-bond donors (Lipinski definition) is 1. The van der Waals surface area contributed by atoms with E-state index in [1.165, 1.54) is 5.56 Å². The summed E-state index contributed by atoms with van der Waals surface area (Å²) in [6.07, 6.45) is 0. The molecule has 0 aliphatic carbocycles. The SMILES string of the molecule is CCSc1nnc(-c2ccc(C)cc2)n1N. The number of nitrogens with zero attached hydrogens (tertiary/aromatic N) is 3. The molecule has 0 aliphatic heterocycles. The molecule has 4 nitrogen and oxygen atoms in total. The molecular weight excluding hydrogens is 220 g/mol. The van der Waals surface area contributed by atoms with Crippen molar-refractivity contribution in [3.63, 3.8) is 0 Å². The number of thioether (sulfide) groups is 1. The van der Waals surface area contributed by atoms with Crippen LogP contribution in [0.4, 0.5) is 0 Å². The number of aromatic nitrogens is 3. The van der Waals surface area contributed by atoms with Gasteiger partial charge in [0, 0.05) is 5.56 Å². The van der Waals surface area contributed by atoms with Gasteiger partial charge in [0.05, 0.1) is 0 Å². The number of rotatable bonds is 3. The average Bonchev–Trinajstić information content (AvgIpc) is 2.63. The molecule has 1 heterocycles. The van der Waals surface area contributed by atoms with Gasteiger partial charge in [-0.1, -0.05) is 48.5 Å². The Morgan fingerprint density at radius 2 is 1.94 bits per heavy atom. The number of hydrogen-bond acceptors (Lipinski definition) is 4. The van der Waals surface area contributed by atoms with E-state index >= 15 is 0 Å². The summed E-state index contributed by atoms with van der Waals surface area (Å²) in [7, 11) is 0. The van der Waals surface area contributed by atoms with Gasteiger partial charge in [0.15, 0.2) is 5.82 Å². The standard InChI is InChI=1S/C11H14N4S/c1-3-16-11-14-13-10(15(11)12)9-6-4-8(2)5-7-9/h4-7H,3,12H2,1-2H3. The molecule has 2 N–H and O–H groups in total. The van der Waals surface area contributed by atoms with Crippen molar-refractivity contribution in [3.05, 3.63) is 29.8 Å². The van der Waals surface area contributed by atoms with Crippen molar-refractivity contribution in [1.82, 2.24) is 14.9 Å². The van der Waals surface area contributed by atoms with Gasteiger partial charge < -0.3 is 5.84 Å². The van der Waals surface area contributed by atoms with Crippen molar-refractivity contribution >= 4 is 11.8 Å². The smallest absolute Gasteiger partial charge is 0.210 e. The molecule has 0 spiro atoms. The van der Waals surface area contributed by atoms with Crippen LogP contribution >= 0.6 is 11.8 Å². The van der Waals surface area contributed by atoms with Crippen molar-refractivity contribution in [2.75, 3.05) is 11.6 Å². The molecule has 1 aromatic heterocycles. The second-order valence-corrected chi connectivity index (χ2v) is 4.71. The van der Waals surface area contributed by atoms with E-state index in [-0.39, 0.29) is 0 Å². The Morgan fingerprint density at radius 3 is 2.56 bits per heavy atom. The average molecular weight is 234 g/mol. The van der Waals surface area contributed by atoms with Gasteiger partial charge in [0.25, 0.3) is 0 Å². The van der Waals surface area contributed by atoms with Crippen LogP contribution in [-0.2, 0) is 0 Å². The van der Waals surface area contributed by atoms with Crippen molar-refractivity contribution in [1.29, 1.82) is 0 Å². The van der Waals surface area contributed by atoms with Crippen LogP contribution in [0.2, 0.25) is 0 Å². The van der Waals surface area contributed by atoms with Gasteiger partial charge in [-0.15, -0.1) is 10.2 Å². The minimum Gasteiger partial charge on any atom is -0.335 e. The molecule has 0 radical (unpaired) electrons. The van der Waals surface area contributed by atoms with Crippen LogP contribution in [-0.4, -0.2) is 20.6 Å². The van der Waals surface area contributed by atoms with E-state index in [1.807, 2.05) is 24.3 Å². The zero-order chi connectivity index (χ0) is 11.5. The number of aryl methyl sites for hydroxylation is 1. The highest BCUT2D eigenvalue weighted by molar-refractivity contribution is 7.99. The van der Waals surface area contributed by atoms with Gasteiger partial charge in [-0.3, -0.25) is 0 Å². The van der Waals surface area contributed by atoms with Crippen LogP contribution in [0.5, 0.6) is 0 Å². The molecule has 0 fully saturated rings. The lowest BCUT2D eigenvalue weighted by Gasteiger charge is -2.02. The van der Waals surface area contributed by atoms with Gasteiger partial charge >= 0.3 is 0 Å². The van der Waals surface area contributed by atoms with Gasteiger partial charge in [-0.2, -0.15) is 0 Å². The predicted molar refractivity (Wildman–Crippen MR) is 66.7 cm³/mol. The van der Waals surface area contributed by atoms with Crippen LogP contribution in [0.1, 0.15) is 12.5 Å². The Bertz CT molecular complexity index is 475. The summed E-state index contributed by atoms with van der Waals surface area (Å²) in [4.78, 5) is 0. The molecule has 5 heteroatoms. The Balaban J connectivity index is 2.37. The minimum atomic E-state index is 0.705. The molecule has 0 unspecified atom stereocenters. The lowest BCUT2D eigenvalue weighted by Crippen LogP contribution is -2.11. The summed E-state index contributed by atoms with van der Waals surface area (Å²) in [5.74, 6) is 7.57. The van der Waals surface area contributed by atoms with Crippen molar-refractivity contribution in [2.45, 2.75) is 19.0 Å². The lowest BCUT2D eigenvalue weighted by molar-refractivity contribution is 0.850. The lowest BCUT2D eigenvalue weighted by atomic mass is 10.1. The maximum absolute atomic E-state index is 5.93. The first-order valence-electron chi connectivity index (χ1n) is 5.12. The predicted octanol–water partition coefficient (Wildman–Crippen LogP) is 2.08. The zero-order valence-corrected chi connectivity index (χ0v) is 10.2. The molecule has 84 valence electrons. The van der Waals surface area contributed by atoms with E-state index in [1.54, 1.807) is 16.4 Å². The number of nitrogen functional groups attached to an aromatic ring is 1. The largest absolute Gasteiger partial charge is 0.335 e. The number of benzene rings is 1. The van der Waals surface area contributed by atoms with E-state index in [0.717, 1.165) is 16.5 Å². The molecule has 0 bridgehead atoms. The van der Waals surface area contributed by atoms with E-state index in [0.29, 0.717) is 5.82 Å². The van der Waals surface area contributed by atoms with Crippen LogP contribution < -0.4 is 5.84 Å². The first-order chi connectivity index (χ1) is 7.72. The van der Waals surface area contributed by atoms with Crippen molar-refractivity contribution < 1.29 is 0 Å². The van der Waals surface area contributed by atoms with Gasteiger partial charge in [0.1, 0.15) is 0 Å². The third-order valence-corrected chi connectivity index (χ3v) is 3.07. The molecule has 16 heavy (non-hydrogen) atoms. The molecule has 1 aromatic carbocycles. The first kappa shape index (κ1) is 11.0. The monoisotopic (exact) mass is 234 g/mol. The van der Waals surface area contributed by atoms with E-state index in [4.69, 9.17) is 5.84 Å². The molecule has 0 saturated carbocycles. The highest BCUT2D eigenvalue weighted by atomic mass is 32.2. The van der Waals surface area contributed by atoms with E-state index in [9.17, 15) is 0 Å². The summed E-state index contributed by atoms with van der Waals surface area (Å²) in [6.45, 7) is 4.11. The Labute approximate surface area is 98.8 Å². The Kier molecular flexibility index (Phi) is 3.14. The van der Waals surface area contributed by atoms with Crippen LogP contribution in [0.25, 0.3) is 11.4 Å². The summed E-state index contributed by atoms with van der Waals surface area (Å²) in [5.41, 5.74) is 2.21. The summed E-state index contributed by atoms with van der Waals surface area (Å²) < 4.78 is 1.54. The summed E-state index contributed by atoms with van der Waals surface area (Å²) in [6, 6.07) is 8.08. The normalized spacial score (nSPS) is 10.6.